The SMILES string of the molecule is CNSc1ccc(Nc2ncc(/C=C(\C)Cl)c(N(C=O)C3CCCC34CC4)n2)c(C)c1. The number of amides is 1. The summed E-state index contributed by atoms with van der Waals surface area (Å²) in [5.74, 6) is 1.08. The first-order valence-electron chi connectivity index (χ1n) is 10.6. The topological polar surface area (TPSA) is 70.2 Å². The van der Waals surface area contributed by atoms with Crippen LogP contribution in [0.15, 0.2) is 34.3 Å². The van der Waals surface area contributed by atoms with E-state index in [-0.39, 0.29) is 11.5 Å². The zero-order chi connectivity index (χ0) is 22.0. The zero-order valence-electron chi connectivity index (χ0n) is 18.1. The fourth-order valence-electron chi connectivity index (χ4n) is 4.61. The lowest BCUT2D eigenvalue weighted by Crippen LogP contribution is -2.39. The molecule has 0 radical (unpaired) electrons. The van der Waals surface area contributed by atoms with Crippen LogP contribution < -0.4 is 14.9 Å². The van der Waals surface area contributed by atoms with Gasteiger partial charge in [0.1, 0.15) is 5.82 Å². The maximum Gasteiger partial charge on any atom is 0.229 e. The third-order valence-electron chi connectivity index (χ3n) is 6.26. The minimum Gasteiger partial charge on any atom is -0.324 e. The van der Waals surface area contributed by atoms with Crippen molar-refractivity contribution in [2.45, 2.75) is 56.9 Å². The standard InChI is InChI=1S/C23H28ClN5OS/c1-15-11-18(31-25-3)6-7-19(15)27-22-26-13-17(12-16(2)24)21(28-22)29(14-30)20-5-4-8-23(20)9-10-23/h6-7,11-14,20,25H,4-5,8-10H2,1-3H3,(H,26,27,28)/b16-12+. The molecule has 1 spiro atoms. The van der Waals surface area contributed by atoms with Gasteiger partial charge in [-0.25, -0.2) is 4.98 Å². The molecule has 6 nitrogen and oxygen atoms in total. The summed E-state index contributed by atoms with van der Waals surface area (Å²) in [7, 11) is 1.90. The number of nitrogens with one attached hydrogen (secondary N) is 2. The van der Waals surface area contributed by atoms with Gasteiger partial charge in [-0.05, 0) is 93.8 Å². The van der Waals surface area contributed by atoms with Crippen LogP contribution in [0.4, 0.5) is 17.5 Å². The minimum atomic E-state index is 0.190. The van der Waals surface area contributed by atoms with Gasteiger partial charge in [-0.3, -0.25) is 14.4 Å². The van der Waals surface area contributed by atoms with Crippen LogP contribution >= 0.6 is 23.5 Å². The van der Waals surface area contributed by atoms with Crippen molar-refractivity contribution in [3.63, 3.8) is 0 Å². The highest BCUT2D eigenvalue weighted by Gasteiger charge is 2.54. The third-order valence-corrected chi connectivity index (χ3v) is 7.06. The normalized spacial score (nSPS) is 19.5. The number of hydrogen-bond acceptors (Lipinski definition) is 6. The molecule has 2 aliphatic carbocycles. The van der Waals surface area contributed by atoms with E-state index in [1.54, 1.807) is 18.1 Å². The molecule has 4 rings (SSSR count). The molecule has 1 unspecified atom stereocenters. The maximum absolute atomic E-state index is 12.3. The van der Waals surface area contributed by atoms with Crippen molar-refractivity contribution in [1.82, 2.24) is 14.7 Å². The van der Waals surface area contributed by atoms with E-state index in [0.29, 0.717) is 16.8 Å². The van der Waals surface area contributed by atoms with E-state index in [1.807, 2.05) is 44.0 Å². The Hall–Kier alpha value is -2.09. The maximum atomic E-state index is 12.3. The second-order valence-corrected chi connectivity index (χ2v) is 10.1. The van der Waals surface area contributed by atoms with Crippen molar-refractivity contribution < 1.29 is 4.79 Å². The molecule has 2 N–H and O–H groups in total. The minimum absolute atomic E-state index is 0.190. The predicted molar refractivity (Wildman–Crippen MR) is 129 cm³/mol. The lowest BCUT2D eigenvalue weighted by atomic mass is 9.99. The van der Waals surface area contributed by atoms with E-state index >= 15 is 0 Å². The summed E-state index contributed by atoms with van der Waals surface area (Å²) in [6, 6.07) is 6.35. The van der Waals surface area contributed by atoms with Crippen molar-refractivity contribution >= 4 is 53.5 Å². The number of aryl methyl sites for hydroxylation is 1. The monoisotopic (exact) mass is 457 g/mol. The van der Waals surface area contributed by atoms with Crippen LogP contribution in [0.2, 0.25) is 0 Å². The molecule has 1 heterocycles. The number of anilines is 3. The first-order valence-corrected chi connectivity index (χ1v) is 11.8. The van der Waals surface area contributed by atoms with Crippen LogP contribution in [-0.4, -0.2) is 29.5 Å². The highest BCUT2D eigenvalue weighted by Crippen LogP contribution is 2.59. The second-order valence-electron chi connectivity index (χ2n) is 8.39. The van der Waals surface area contributed by atoms with Gasteiger partial charge in [-0.2, -0.15) is 4.98 Å². The molecule has 8 heteroatoms. The number of allylic oxidation sites excluding steroid dienone is 1. The molecule has 164 valence electrons. The summed E-state index contributed by atoms with van der Waals surface area (Å²) in [5.41, 5.74) is 3.05. The molecule has 0 saturated heterocycles. The average Bonchev–Trinajstić information content (AvgIpc) is 3.40. The number of hydrogen-bond donors (Lipinski definition) is 2. The largest absolute Gasteiger partial charge is 0.324 e. The first-order chi connectivity index (χ1) is 15.0. The molecule has 1 aromatic carbocycles. The molecular weight excluding hydrogens is 430 g/mol. The Morgan fingerprint density at radius 1 is 1.35 bits per heavy atom. The van der Waals surface area contributed by atoms with Crippen molar-refractivity contribution in [1.29, 1.82) is 0 Å². The van der Waals surface area contributed by atoms with E-state index in [9.17, 15) is 4.79 Å². The van der Waals surface area contributed by atoms with Crippen LogP contribution in [0.3, 0.4) is 0 Å². The predicted octanol–water partition coefficient (Wildman–Crippen LogP) is 5.65. The quantitative estimate of drug-likeness (QED) is 0.394. The Kier molecular flexibility index (Phi) is 6.55. The summed E-state index contributed by atoms with van der Waals surface area (Å²) in [4.78, 5) is 24.5. The van der Waals surface area contributed by atoms with Crippen LogP contribution in [-0.2, 0) is 4.79 Å². The Bertz CT molecular complexity index is 1000. The molecule has 2 aliphatic rings. The lowest BCUT2D eigenvalue weighted by Gasteiger charge is -2.30. The van der Waals surface area contributed by atoms with Crippen molar-refractivity contribution in [3.8, 4) is 0 Å². The van der Waals surface area contributed by atoms with Crippen LogP contribution in [0.25, 0.3) is 6.08 Å². The van der Waals surface area contributed by atoms with E-state index in [2.05, 4.69) is 21.1 Å². The van der Waals surface area contributed by atoms with Gasteiger partial charge in [0.2, 0.25) is 12.4 Å². The Morgan fingerprint density at radius 2 is 2.16 bits per heavy atom. The molecule has 2 aromatic rings. The van der Waals surface area contributed by atoms with Gasteiger partial charge >= 0.3 is 0 Å². The Morgan fingerprint density at radius 3 is 2.81 bits per heavy atom. The van der Waals surface area contributed by atoms with Crippen molar-refractivity contribution in [2.24, 2.45) is 5.41 Å². The third kappa shape index (κ3) is 4.73. The molecule has 0 aliphatic heterocycles. The summed E-state index contributed by atoms with van der Waals surface area (Å²) in [6.45, 7) is 3.86. The first kappa shape index (κ1) is 22.1. The van der Waals surface area contributed by atoms with Crippen LogP contribution in [0.1, 0.15) is 50.2 Å². The summed E-state index contributed by atoms with van der Waals surface area (Å²) >= 11 is 7.73. The van der Waals surface area contributed by atoms with Crippen molar-refractivity contribution in [3.05, 3.63) is 40.6 Å². The highest BCUT2D eigenvalue weighted by atomic mass is 35.5. The van der Waals surface area contributed by atoms with Gasteiger partial charge in [0.05, 0.1) is 0 Å². The zero-order valence-corrected chi connectivity index (χ0v) is 19.7. The molecule has 31 heavy (non-hydrogen) atoms. The number of carbonyl (C=O) groups excluding carboxylic acids is 1. The number of carbonyl (C=O) groups is 1. The van der Waals surface area contributed by atoms with Gasteiger partial charge in [-0.1, -0.05) is 18.0 Å². The van der Waals surface area contributed by atoms with Gasteiger partial charge in [0, 0.05) is 33.4 Å². The molecule has 1 amide bonds. The van der Waals surface area contributed by atoms with E-state index < -0.39 is 0 Å². The fourth-order valence-corrected chi connectivity index (χ4v) is 5.34. The smallest absolute Gasteiger partial charge is 0.229 e. The van der Waals surface area contributed by atoms with Gasteiger partial charge < -0.3 is 5.32 Å². The molecule has 2 fully saturated rings. The number of halogens is 1. The average molecular weight is 458 g/mol. The summed E-state index contributed by atoms with van der Waals surface area (Å²) in [6.07, 6.45) is 10.2. The van der Waals surface area contributed by atoms with Crippen molar-refractivity contribution in [2.75, 3.05) is 17.3 Å². The summed E-state index contributed by atoms with van der Waals surface area (Å²) in [5, 5.41) is 3.94. The lowest BCUT2D eigenvalue weighted by molar-refractivity contribution is -0.108. The highest BCUT2D eigenvalue weighted by molar-refractivity contribution is 7.97. The number of nitrogens with zero attached hydrogens (tertiary/aromatic N) is 3. The van der Waals surface area contributed by atoms with Gasteiger partial charge in [0.25, 0.3) is 0 Å². The van der Waals surface area contributed by atoms with E-state index in [4.69, 9.17) is 16.6 Å². The number of benzene rings is 1. The summed E-state index contributed by atoms with van der Waals surface area (Å²) < 4.78 is 3.08. The fraction of sp³-hybridized carbons (Fsp3) is 0.435. The molecule has 2 saturated carbocycles. The van der Waals surface area contributed by atoms with Gasteiger partial charge in [-0.15, -0.1) is 0 Å². The van der Waals surface area contributed by atoms with Crippen LogP contribution in [0.5, 0.6) is 0 Å². The number of aromatic nitrogens is 2. The molecule has 1 atom stereocenters. The van der Waals surface area contributed by atoms with Crippen LogP contribution in [0, 0.1) is 12.3 Å². The van der Waals surface area contributed by atoms with Gasteiger partial charge in [0.15, 0.2) is 0 Å². The van der Waals surface area contributed by atoms with E-state index in [1.165, 1.54) is 19.3 Å². The molecular formula is C23H28ClN5OS. The Labute approximate surface area is 193 Å². The van der Waals surface area contributed by atoms with E-state index in [0.717, 1.165) is 41.0 Å². The second kappa shape index (κ2) is 9.18. The Balaban J connectivity index is 1.68. The molecule has 0 bridgehead atoms. The number of rotatable bonds is 8. The molecule has 1 aromatic heterocycles.